The fourth-order valence-corrected chi connectivity index (χ4v) is 2.16. The lowest BCUT2D eigenvalue weighted by Gasteiger charge is -2.12. The molecule has 8 nitrogen and oxygen atoms in total. The SMILES string of the molecule is CC(C)NC(=O)NC(=O)CNc1ccccc1C(=O)NCc1ccco1. The Labute approximate surface area is 151 Å². The molecule has 8 heteroatoms. The van der Waals surface area contributed by atoms with Gasteiger partial charge in [0.15, 0.2) is 0 Å². The van der Waals surface area contributed by atoms with E-state index in [9.17, 15) is 14.4 Å². The summed E-state index contributed by atoms with van der Waals surface area (Å²) in [4.78, 5) is 35.7. The van der Waals surface area contributed by atoms with Gasteiger partial charge in [0, 0.05) is 11.7 Å². The van der Waals surface area contributed by atoms with Crippen molar-refractivity contribution >= 4 is 23.5 Å². The van der Waals surface area contributed by atoms with Crippen molar-refractivity contribution in [1.82, 2.24) is 16.0 Å². The summed E-state index contributed by atoms with van der Waals surface area (Å²) in [5.74, 6) is -0.171. The summed E-state index contributed by atoms with van der Waals surface area (Å²) in [5, 5.41) is 10.4. The summed E-state index contributed by atoms with van der Waals surface area (Å²) in [6.07, 6.45) is 1.53. The molecule has 2 rings (SSSR count). The Hall–Kier alpha value is -3.29. The van der Waals surface area contributed by atoms with Crippen LogP contribution in [-0.2, 0) is 11.3 Å². The Morgan fingerprint density at radius 3 is 2.54 bits per heavy atom. The second-order valence-electron chi connectivity index (χ2n) is 5.84. The first-order chi connectivity index (χ1) is 12.5. The van der Waals surface area contributed by atoms with Crippen molar-refractivity contribution in [2.45, 2.75) is 26.4 Å². The number of para-hydroxylation sites is 1. The first-order valence-corrected chi connectivity index (χ1v) is 8.19. The van der Waals surface area contributed by atoms with Gasteiger partial charge in [0.25, 0.3) is 5.91 Å². The Balaban J connectivity index is 1.90. The average Bonchev–Trinajstić information content (AvgIpc) is 3.11. The Kier molecular flexibility index (Phi) is 6.78. The zero-order chi connectivity index (χ0) is 18.9. The third-order valence-electron chi connectivity index (χ3n) is 3.29. The van der Waals surface area contributed by atoms with Crippen LogP contribution in [-0.4, -0.2) is 30.4 Å². The smallest absolute Gasteiger partial charge is 0.321 e. The lowest BCUT2D eigenvalue weighted by molar-refractivity contribution is -0.118. The molecule has 0 saturated carbocycles. The van der Waals surface area contributed by atoms with Gasteiger partial charge in [0.1, 0.15) is 5.76 Å². The minimum absolute atomic E-state index is 0.0747. The van der Waals surface area contributed by atoms with E-state index >= 15 is 0 Å². The molecule has 0 radical (unpaired) electrons. The maximum Gasteiger partial charge on any atom is 0.321 e. The molecule has 1 heterocycles. The van der Waals surface area contributed by atoms with E-state index in [1.807, 2.05) is 0 Å². The van der Waals surface area contributed by atoms with E-state index in [-0.39, 0.29) is 25.0 Å². The number of nitrogens with one attached hydrogen (secondary N) is 4. The molecule has 0 unspecified atom stereocenters. The Bertz CT molecular complexity index is 756. The Morgan fingerprint density at radius 1 is 1.08 bits per heavy atom. The van der Waals surface area contributed by atoms with Crippen LogP contribution in [0.25, 0.3) is 0 Å². The topological polar surface area (TPSA) is 112 Å². The van der Waals surface area contributed by atoms with Crippen molar-refractivity contribution in [3.63, 3.8) is 0 Å². The summed E-state index contributed by atoms with van der Waals surface area (Å²) in [6, 6.07) is 9.66. The molecular formula is C18H22N4O4. The number of hydrogen-bond acceptors (Lipinski definition) is 5. The molecule has 0 aliphatic rings. The third-order valence-corrected chi connectivity index (χ3v) is 3.29. The van der Waals surface area contributed by atoms with Crippen LogP contribution in [0.15, 0.2) is 47.1 Å². The van der Waals surface area contributed by atoms with Crippen molar-refractivity contribution in [1.29, 1.82) is 0 Å². The molecular weight excluding hydrogens is 336 g/mol. The number of urea groups is 1. The van der Waals surface area contributed by atoms with Crippen molar-refractivity contribution < 1.29 is 18.8 Å². The van der Waals surface area contributed by atoms with Gasteiger partial charge in [0.05, 0.1) is 24.9 Å². The predicted octanol–water partition coefficient (Wildman–Crippen LogP) is 1.86. The average molecular weight is 358 g/mol. The maximum atomic E-state index is 12.3. The van der Waals surface area contributed by atoms with E-state index in [0.717, 1.165) is 0 Å². The monoisotopic (exact) mass is 358 g/mol. The van der Waals surface area contributed by atoms with Crippen LogP contribution < -0.4 is 21.3 Å². The van der Waals surface area contributed by atoms with Crippen LogP contribution in [0.4, 0.5) is 10.5 Å². The molecule has 1 aromatic heterocycles. The van der Waals surface area contributed by atoms with Crippen LogP contribution in [0, 0.1) is 0 Å². The molecule has 0 saturated heterocycles. The molecule has 2 aromatic rings. The van der Waals surface area contributed by atoms with Crippen LogP contribution in [0.3, 0.4) is 0 Å². The van der Waals surface area contributed by atoms with Gasteiger partial charge < -0.3 is 20.4 Å². The van der Waals surface area contributed by atoms with Gasteiger partial charge in [-0.1, -0.05) is 12.1 Å². The van der Waals surface area contributed by atoms with Crippen molar-refractivity contribution in [3.8, 4) is 0 Å². The summed E-state index contributed by atoms with van der Waals surface area (Å²) in [5.41, 5.74) is 0.877. The van der Waals surface area contributed by atoms with Gasteiger partial charge in [-0.3, -0.25) is 14.9 Å². The second kappa shape index (κ2) is 9.26. The fourth-order valence-electron chi connectivity index (χ4n) is 2.16. The highest BCUT2D eigenvalue weighted by Crippen LogP contribution is 2.14. The summed E-state index contributed by atoms with van der Waals surface area (Å²) >= 11 is 0. The molecule has 1 aromatic carbocycles. The Morgan fingerprint density at radius 2 is 1.85 bits per heavy atom. The zero-order valence-corrected chi connectivity index (χ0v) is 14.7. The number of anilines is 1. The molecule has 138 valence electrons. The molecule has 0 aliphatic heterocycles. The number of carbonyl (C=O) groups is 3. The number of furan rings is 1. The van der Waals surface area contributed by atoms with E-state index in [1.165, 1.54) is 6.26 Å². The number of benzene rings is 1. The quantitative estimate of drug-likeness (QED) is 0.603. The lowest BCUT2D eigenvalue weighted by atomic mass is 10.1. The molecule has 0 bridgehead atoms. The van der Waals surface area contributed by atoms with Crippen LogP contribution >= 0.6 is 0 Å². The molecule has 26 heavy (non-hydrogen) atoms. The first-order valence-electron chi connectivity index (χ1n) is 8.19. The van der Waals surface area contributed by atoms with E-state index in [1.54, 1.807) is 50.2 Å². The zero-order valence-electron chi connectivity index (χ0n) is 14.7. The van der Waals surface area contributed by atoms with Gasteiger partial charge in [-0.2, -0.15) is 0 Å². The van der Waals surface area contributed by atoms with E-state index < -0.39 is 11.9 Å². The van der Waals surface area contributed by atoms with E-state index in [4.69, 9.17) is 4.42 Å². The van der Waals surface area contributed by atoms with Crippen LogP contribution in [0.2, 0.25) is 0 Å². The van der Waals surface area contributed by atoms with Gasteiger partial charge >= 0.3 is 6.03 Å². The highest BCUT2D eigenvalue weighted by atomic mass is 16.3. The van der Waals surface area contributed by atoms with Gasteiger partial charge in [-0.05, 0) is 38.1 Å². The van der Waals surface area contributed by atoms with Crippen molar-refractivity contribution in [2.24, 2.45) is 0 Å². The van der Waals surface area contributed by atoms with E-state index in [2.05, 4.69) is 21.3 Å². The van der Waals surface area contributed by atoms with Crippen molar-refractivity contribution in [3.05, 3.63) is 54.0 Å². The molecule has 0 aliphatic carbocycles. The number of hydrogen-bond donors (Lipinski definition) is 4. The van der Waals surface area contributed by atoms with Gasteiger partial charge in [-0.15, -0.1) is 0 Å². The normalized spacial score (nSPS) is 10.3. The van der Waals surface area contributed by atoms with Gasteiger partial charge in [0.2, 0.25) is 5.91 Å². The molecule has 0 spiro atoms. The third kappa shape index (κ3) is 5.97. The number of rotatable bonds is 7. The first kappa shape index (κ1) is 19.0. The van der Waals surface area contributed by atoms with Gasteiger partial charge in [-0.25, -0.2) is 4.79 Å². The summed E-state index contributed by atoms with van der Waals surface area (Å²) in [7, 11) is 0. The highest BCUT2D eigenvalue weighted by molar-refractivity contribution is 6.01. The molecule has 4 amide bonds. The second-order valence-corrected chi connectivity index (χ2v) is 5.84. The minimum atomic E-state index is -0.559. The minimum Gasteiger partial charge on any atom is -0.467 e. The fraction of sp³-hybridized carbons (Fsp3) is 0.278. The maximum absolute atomic E-state index is 12.3. The molecule has 0 fully saturated rings. The predicted molar refractivity (Wildman–Crippen MR) is 96.6 cm³/mol. The number of imide groups is 1. The summed E-state index contributed by atoms with van der Waals surface area (Å²) in [6.45, 7) is 3.70. The standard InChI is InChI=1S/C18H22N4O4/c1-12(2)21-18(25)22-16(23)11-19-15-8-4-3-7-14(15)17(24)20-10-13-6-5-9-26-13/h3-9,12,19H,10-11H2,1-2H3,(H,20,24)(H2,21,22,23,25). The van der Waals surface area contributed by atoms with E-state index in [0.29, 0.717) is 17.0 Å². The van der Waals surface area contributed by atoms with Crippen molar-refractivity contribution in [2.75, 3.05) is 11.9 Å². The highest BCUT2D eigenvalue weighted by Gasteiger charge is 2.13. The summed E-state index contributed by atoms with van der Waals surface area (Å²) < 4.78 is 5.17. The largest absolute Gasteiger partial charge is 0.467 e. The van der Waals surface area contributed by atoms with Crippen LogP contribution in [0.5, 0.6) is 0 Å². The number of carbonyl (C=O) groups excluding carboxylic acids is 3. The molecule has 0 atom stereocenters. The van der Waals surface area contributed by atoms with Crippen LogP contribution in [0.1, 0.15) is 30.0 Å². The number of amides is 4. The molecule has 4 N–H and O–H groups in total. The lowest BCUT2D eigenvalue weighted by Crippen LogP contribution is -2.44.